The van der Waals surface area contributed by atoms with Gasteiger partial charge in [-0.2, -0.15) is 0 Å². The number of rotatable bonds is 2. The molecule has 0 bridgehead atoms. The predicted molar refractivity (Wildman–Crippen MR) is 43.7 cm³/mol. The average Bonchev–Trinajstić information content (AvgIpc) is 2.05. The van der Waals surface area contributed by atoms with Crippen LogP contribution in [0.2, 0.25) is 0 Å². The maximum Gasteiger partial charge on any atom is 0.150 e. The fourth-order valence-corrected chi connectivity index (χ4v) is 0.777. The third-order valence-corrected chi connectivity index (χ3v) is 1.32. The summed E-state index contributed by atoms with van der Waals surface area (Å²) in [7, 11) is 0. The fraction of sp³-hybridized carbons (Fsp3) is 0. The van der Waals surface area contributed by atoms with Gasteiger partial charge in [0.2, 0.25) is 0 Å². The van der Waals surface area contributed by atoms with Crippen molar-refractivity contribution >= 4 is 5.70 Å². The van der Waals surface area contributed by atoms with Crippen molar-refractivity contribution in [2.75, 3.05) is 0 Å². The first-order chi connectivity index (χ1) is 5.75. The van der Waals surface area contributed by atoms with Crippen LogP contribution in [0.3, 0.4) is 0 Å². The van der Waals surface area contributed by atoms with Crippen molar-refractivity contribution in [1.29, 1.82) is 0 Å². The van der Waals surface area contributed by atoms with Crippen LogP contribution < -0.4 is 17.0 Å². The van der Waals surface area contributed by atoms with E-state index in [-0.39, 0.29) is 11.3 Å². The van der Waals surface area contributed by atoms with Crippen LogP contribution in [0.25, 0.3) is 5.70 Å². The number of nitrogens with zero attached hydrogens (tertiary/aromatic N) is 1. The molecule has 1 aromatic rings. The van der Waals surface area contributed by atoms with Crippen molar-refractivity contribution in [2.45, 2.75) is 0 Å². The van der Waals surface area contributed by atoms with Crippen molar-refractivity contribution < 1.29 is 4.39 Å². The minimum Gasteiger partial charge on any atom is -0.397 e. The summed E-state index contributed by atoms with van der Waals surface area (Å²) < 4.78 is 12.9. The third-order valence-electron chi connectivity index (χ3n) is 1.32. The Hall–Kier alpha value is -1.62. The molecule has 5 N–H and O–H groups in total. The van der Waals surface area contributed by atoms with E-state index in [1.807, 2.05) is 0 Å². The van der Waals surface area contributed by atoms with Crippen molar-refractivity contribution in [2.24, 2.45) is 11.6 Å². The number of nitrogens with one attached hydrogen (secondary N) is 1. The Labute approximate surface area is 69.1 Å². The Morgan fingerprint density at radius 2 is 2.42 bits per heavy atom. The maximum absolute atomic E-state index is 12.9. The SMILES string of the molecule is NN/C=C(\N)c1ccncc1F. The molecule has 0 saturated carbocycles. The lowest BCUT2D eigenvalue weighted by Crippen LogP contribution is -2.16. The lowest BCUT2D eigenvalue weighted by atomic mass is 10.2. The summed E-state index contributed by atoms with van der Waals surface area (Å²) in [5.74, 6) is 4.50. The van der Waals surface area contributed by atoms with Crippen molar-refractivity contribution in [1.82, 2.24) is 10.4 Å². The van der Waals surface area contributed by atoms with E-state index in [1.54, 1.807) is 0 Å². The molecule has 0 spiro atoms. The van der Waals surface area contributed by atoms with Crippen LogP contribution in [0, 0.1) is 5.82 Å². The van der Waals surface area contributed by atoms with Gasteiger partial charge in [0.25, 0.3) is 0 Å². The summed E-state index contributed by atoms with van der Waals surface area (Å²) in [6.45, 7) is 0. The molecular weight excluding hydrogens is 159 g/mol. The van der Waals surface area contributed by atoms with E-state index < -0.39 is 5.82 Å². The zero-order valence-electron chi connectivity index (χ0n) is 6.29. The second kappa shape index (κ2) is 3.68. The topological polar surface area (TPSA) is 77.0 Å². The highest BCUT2D eigenvalue weighted by atomic mass is 19.1. The lowest BCUT2D eigenvalue weighted by Gasteiger charge is -2.01. The quantitative estimate of drug-likeness (QED) is 0.427. The van der Waals surface area contributed by atoms with Gasteiger partial charge in [-0.3, -0.25) is 10.8 Å². The summed E-state index contributed by atoms with van der Waals surface area (Å²) in [6.07, 6.45) is 3.85. The fourth-order valence-electron chi connectivity index (χ4n) is 0.777. The van der Waals surface area contributed by atoms with Gasteiger partial charge in [0.1, 0.15) is 0 Å². The number of hydrazine groups is 1. The van der Waals surface area contributed by atoms with Crippen molar-refractivity contribution in [3.05, 3.63) is 36.0 Å². The zero-order chi connectivity index (χ0) is 8.97. The first-order valence-electron chi connectivity index (χ1n) is 3.27. The van der Waals surface area contributed by atoms with E-state index in [9.17, 15) is 4.39 Å². The number of hydrogen-bond acceptors (Lipinski definition) is 4. The number of halogens is 1. The average molecular weight is 168 g/mol. The lowest BCUT2D eigenvalue weighted by molar-refractivity contribution is 0.617. The van der Waals surface area contributed by atoms with Gasteiger partial charge < -0.3 is 11.2 Å². The molecule has 12 heavy (non-hydrogen) atoms. The Balaban J connectivity index is 3.02. The third kappa shape index (κ3) is 1.70. The standard InChI is InChI=1S/C7H9FN4/c8-6-3-11-2-1-5(6)7(9)4-12-10/h1-4,12H,9-10H2/b7-4-. The molecule has 1 aromatic heterocycles. The largest absolute Gasteiger partial charge is 0.397 e. The van der Waals surface area contributed by atoms with E-state index in [2.05, 4.69) is 10.4 Å². The summed E-state index contributed by atoms with van der Waals surface area (Å²) in [5, 5.41) is 0. The smallest absolute Gasteiger partial charge is 0.150 e. The van der Waals surface area contributed by atoms with Crippen LogP contribution >= 0.6 is 0 Å². The highest BCUT2D eigenvalue weighted by molar-refractivity contribution is 5.61. The van der Waals surface area contributed by atoms with Gasteiger partial charge in [-0.15, -0.1) is 0 Å². The molecule has 0 radical (unpaired) electrons. The molecule has 1 rings (SSSR count). The van der Waals surface area contributed by atoms with Crippen LogP contribution in [-0.2, 0) is 0 Å². The van der Waals surface area contributed by atoms with Gasteiger partial charge in [0, 0.05) is 18.0 Å². The summed E-state index contributed by atoms with van der Waals surface area (Å²) in [6, 6.07) is 1.47. The molecule has 0 saturated heterocycles. The summed E-state index contributed by atoms with van der Waals surface area (Å²) in [5.41, 5.74) is 8.19. The molecule has 4 nitrogen and oxygen atoms in total. The van der Waals surface area contributed by atoms with Crippen LogP contribution in [0.4, 0.5) is 4.39 Å². The summed E-state index contributed by atoms with van der Waals surface area (Å²) >= 11 is 0. The molecule has 1 heterocycles. The summed E-state index contributed by atoms with van der Waals surface area (Å²) in [4.78, 5) is 3.58. The number of hydrogen-bond donors (Lipinski definition) is 3. The van der Waals surface area contributed by atoms with E-state index in [0.717, 1.165) is 6.20 Å². The molecule has 0 aliphatic rings. The van der Waals surface area contributed by atoms with Gasteiger partial charge in [-0.05, 0) is 6.07 Å². The van der Waals surface area contributed by atoms with Gasteiger partial charge in [0.15, 0.2) is 5.82 Å². The molecule has 0 fully saturated rings. The molecule has 0 aromatic carbocycles. The monoisotopic (exact) mass is 168 g/mol. The minimum atomic E-state index is -0.471. The Morgan fingerprint density at radius 3 is 3.00 bits per heavy atom. The molecule has 64 valence electrons. The number of pyridine rings is 1. The van der Waals surface area contributed by atoms with Crippen LogP contribution in [-0.4, -0.2) is 4.98 Å². The van der Waals surface area contributed by atoms with Crippen LogP contribution in [0.15, 0.2) is 24.7 Å². The minimum absolute atomic E-state index is 0.234. The Bertz CT molecular complexity index is 297. The Kier molecular flexibility index (Phi) is 2.60. The Morgan fingerprint density at radius 1 is 1.67 bits per heavy atom. The number of nitrogens with two attached hydrogens (primary N) is 2. The normalized spacial score (nSPS) is 11.3. The highest BCUT2D eigenvalue weighted by Crippen LogP contribution is 2.10. The van der Waals surface area contributed by atoms with Crippen LogP contribution in [0.1, 0.15) is 5.56 Å². The second-order valence-corrected chi connectivity index (χ2v) is 2.12. The van der Waals surface area contributed by atoms with Gasteiger partial charge in [-0.1, -0.05) is 0 Å². The van der Waals surface area contributed by atoms with Gasteiger partial charge in [-0.25, -0.2) is 4.39 Å². The predicted octanol–water partition coefficient (Wildman–Crippen LogP) is -0.0589. The maximum atomic E-state index is 12.9. The molecule has 0 atom stereocenters. The molecule has 0 unspecified atom stereocenters. The van der Waals surface area contributed by atoms with Crippen molar-refractivity contribution in [3.8, 4) is 0 Å². The first-order valence-corrected chi connectivity index (χ1v) is 3.27. The van der Waals surface area contributed by atoms with Crippen LogP contribution in [0.5, 0.6) is 0 Å². The molecule has 0 aliphatic carbocycles. The second-order valence-electron chi connectivity index (χ2n) is 2.12. The first kappa shape index (κ1) is 8.48. The number of aromatic nitrogens is 1. The molecule has 5 heteroatoms. The zero-order valence-corrected chi connectivity index (χ0v) is 6.29. The van der Waals surface area contributed by atoms with E-state index in [1.165, 1.54) is 18.5 Å². The molecule has 0 aliphatic heterocycles. The molecule has 0 amide bonds. The van der Waals surface area contributed by atoms with Gasteiger partial charge >= 0.3 is 0 Å². The van der Waals surface area contributed by atoms with Crippen molar-refractivity contribution in [3.63, 3.8) is 0 Å². The molecular formula is C7H9FN4. The van der Waals surface area contributed by atoms with Gasteiger partial charge in [0.05, 0.1) is 11.9 Å². The van der Waals surface area contributed by atoms with E-state index in [0.29, 0.717) is 0 Å². The van der Waals surface area contributed by atoms with E-state index in [4.69, 9.17) is 11.6 Å². The van der Waals surface area contributed by atoms with E-state index >= 15 is 0 Å². The highest BCUT2D eigenvalue weighted by Gasteiger charge is 2.02.